The molecule has 2 aliphatic rings. The van der Waals surface area contributed by atoms with E-state index in [2.05, 4.69) is 206 Å². The van der Waals surface area contributed by atoms with Crippen LogP contribution in [-0.4, -0.2) is 8.07 Å². The summed E-state index contributed by atoms with van der Waals surface area (Å²) < 4.78 is 0. The monoisotopic (exact) mass is 710 g/mol. The molecule has 1 spiro atoms. The summed E-state index contributed by atoms with van der Waals surface area (Å²) in [5.41, 5.74) is 13.2. The van der Waals surface area contributed by atoms with Crippen molar-refractivity contribution >= 4 is 61.1 Å². The molecule has 55 heavy (non-hydrogen) atoms. The van der Waals surface area contributed by atoms with E-state index in [0.717, 1.165) is 0 Å². The van der Waals surface area contributed by atoms with Crippen LogP contribution in [0.3, 0.4) is 0 Å². The predicted molar refractivity (Wildman–Crippen MR) is 237 cm³/mol. The summed E-state index contributed by atoms with van der Waals surface area (Å²) in [6.45, 7) is 0. The van der Waals surface area contributed by atoms with Crippen molar-refractivity contribution in [2.45, 2.75) is 0 Å². The molecular weight excluding hydrogens is 677 g/mol. The van der Waals surface area contributed by atoms with E-state index in [1.54, 1.807) is 0 Å². The molecule has 0 aromatic heterocycles. The second-order valence-corrected chi connectivity index (χ2v) is 18.8. The summed E-state index contributed by atoms with van der Waals surface area (Å²) >= 11 is 0. The fourth-order valence-corrected chi connectivity index (χ4v) is 15.9. The van der Waals surface area contributed by atoms with Crippen molar-refractivity contribution in [3.63, 3.8) is 0 Å². The highest BCUT2D eigenvalue weighted by Gasteiger charge is 2.53. The lowest BCUT2D eigenvalue weighted by molar-refractivity contribution is 1.62. The van der Waals surface area contributed by atoms with E-state index in [-0.39, 0.29) is 0 Å². The SMILES string of the molecule is c1ccc(-c2c3ccccc3c(-c3ccc4c(c3)[Si]3(c5ccccc5-c5ccccc53)c3ccccc3-4)c3ccccc23)c(-c2ccc3ccccc3c2)c1. The van der Waals surface area contributed by atoms with E-state index in [9.17, 15) is 0 Å². The van der Waals surface area contributed by atoms with Gasteiger partial charge in [0.05, 0.1) is 0 Å². The molecule has 254 valence electrons. The Morgan fingerprint density at radius 2 is 0.655 bits per heavy atom. The van der Waals surface area contributed by atoms with Crippen LogP contribution in [0.25, 0.3) is 88.0 Å². The molecule has 0 atom stereocenters. The Bertz CT molecular complexity index is 3100. The Hall–Kier alpha value is -6.80. The van der Waals surface area contributed by atoms with E-state index in [4.69, 9.17) is 0 Å². The van der Waals surface area contributed by atoms with Crippen LogP contribution in [0, 0.1) is 0 Å². The molecule has 0 nitrogen and oxygen atoms in total. The van der Waals surface area contributed by atoms with Gasteiger partial charge in [0.25, 0.3) is 0 Å². The van der Waals surface area contributed by atoms with Gasteiger partial charge in [0.15, 0.2) is 8.07 Å². The van der Waals surface area contributed by atoms with E-state index in [1.165, 1.54) is 109 Å². The molecule has 1 heteroatoms. The lowest BCUT2D eigenvalue weighted by Gasteiger charge is -2.28. The normalized spacial score (nSPS) is 13.2. The van der Waals surface area contributed by atoms with Crippen molar-refractivity contribution in [1.29, 1.82) is 0 Å². The molecular formula is C54H34Si. The van der Waals surface area contributed by atoms with Gasteiger partial charge in [-0.05, 0) is 115 Å². The van der Waals surface area contributed by atoms with Crippen LogP contribution in [0.5, 0.6) is 0 Å². The molecule has 0 N–H and O–H groups in total. The van der Waals surface area contributed by atoms with Crippen molar-refractivity contribution in [3.05, 3.63) is 206 Å². The Balaban J connectivity index is 1.14. The summed E-state index contributed by atoms with van der Waals surface area (Å²) in [5, 5.41) is 13.7. The molecule has 10 aromatic rings. The van der Waals surface area contributed by atoms with E-state index in [0.29, 0.717) is 0 Å². The zero-order valence-corrected chi connectivity index (χ0v) is 31.1. The zero-order valence-electron chi connectivity index (χ0n) is 30.1. The van der Waals surface area contributed by atoms with Crippen LogP contribution in [0.1, 0.15) is 0 Å². The van der Waals surface area contributed by atoms with E-state index < -0.39 is 8.07 Å². The van der Waals surface area contributed by atoms with Crippen LogP contribution < -0.4 is 20.7 Å². The van der Waals surface area contributed by atoms with Crippen molar-refractivity contribution in [1.82, 2.24) is 0 Å². The Morgan fingerprint density at radius 3 is 1.24 bits per heavy atom. The number of hydrogen-bond acceptors (Lipinski definition) is 0. The summed E-state index contributed by atoms with van der Waals surface area (Å²) in [5.74, 6) is 0. The Kier molecular flexibility index (Phi) is 6.46. The first-order valence-corrected chi connectivity index (χ1v) is 21.3. The first-order chi connectivity index (χ1) is 27.3. The average Bonchev–Trinajstić information content (AvgIpc) is 3.72. The summed E-state index contributed by atoms with van der Waals surface area (Å²) in [4.78, 5) is 0. The maximum absolute atomic E-state index is 2.59. The standard InChI is InChI=1S/C54H34Si/c1-2-16-36-33-37(30-29-35(36)15-1)39-17-3-4-21-44(39)54-47-24-7-5-22-45(47)53(46-23-6-8-25-48(46)54)38-31-32-43-42-20-11-14-28-51(42)55(52(43)34-38)49-26-12-9-18-40(49)41-19-10-13-27-50(41)55/h1-34H. The van der Waals surface area contributed by atoms with Crippen LogP contribution in [0.15, 0.2) is 206 Å². The van der Waals surface area contributed by atoms with Gasteiger partial charge < -0.3 is 0 Å². The van der Waals surface area contributed by atoms with Gasteiger partial charge in [-0.3, -0.25) is 0 Å². The molecule has 0 amide bonds. The fourth-order valence-electron chi connectivity index (χ4n) is 10.3. The minimum Gasteiger partial charge on any atom is -0.0623 e. The molecule has 0 saturated carbocycles. The molecule has 12 rings (SSSR count). The number of hydrogen-bond donors (Lipinski definition) is 0. The molecule has 0 bridgehead atoms. The molecule has 0 aliphatic carbocycles. The molecule has 10 aromatic carbocycles. The van der Waals surface area contributed by atoms with Crippen molar-refractivity contribution < 1.29 is 0 Å². The largest absolute Gasteiger partial charge is 0.182 e. The smallest absolute Gasteiger partial charge is 0.0623 e. The Morgan fingerprint density at radius 1 is 0.236 bits per heavy atom. The summed E-state index contributed by atoms with van der Waals surface area (Å²) in [7, 11) is -2.58. The minimum atomic E-state index is -2.58. The topological polar surface area (TPSA) is 0 Å². The van der Waals surface area contributed by atoms with Crippen LogP contribution >= 0.6 is 0 Å². The van der Waals surface area contributed by atoms with Gasteiger partial charge in [-0.1, -0.05) is 200 Å². The van der Waals surface area contributed by atoms with Gasteiger partial charge in [0.1, 0.15) is 0 Å². The summed E-state index contributed by atoms with van der Waals surface area (Å²) in [6.07, 6.45) is 0. The second-order valence-electron chi connectivity index (χ2n) is 15.1. The Labute approximate surface area is 321 Å². The fraction of sp³-hybridized carbons (Fsp3) is 0. The average molecular weight is 711 g/mol. The number of rotatable bonds is 3. The molecule has 2 aliphatic heterocycles. The maximum Gasteiger partial charge on any atom is 0.182 e. The minimum absolute atomic E-state index is 1.23. The number of fused-ring (bicyclic) bond motifs is 13. The van der Waals surface area contributed by atoms with Gasteiger partial charge in [0, 0.05) is 0 Å². The van der Waals surface area contributed by atoms with Crippen LogP contribution in [0.2, 0.25) is 0 Å². The first-order valence-electron chi connectivity index (χ1n) is 19.3. The van der Waals surface area contributed by atoms with Crippen LogP contribution in [-0.2, 0) is 0 Å². The second kappa shape index (κ2) is 11.6. The van der Waals surface area contributed by atoms with Crippen molar-refractivity contribution in [3.8, 4) is 55.6 Å². The van der Waals surface area contributed by atoms with E-state index >= 15 is 0 Å². The maximum atomic E-state index is 2.59. The van der Waals surface area contributed by atoms with Gasteiger partial charge in [-0.2, -0.15) is 0 Å². The quantitative estimate of drug-likeness (QED) is 0.126. The number of benzene rings is 10. The van der Waals surface area contributed by atoms with Gasteiger partial charge in [0.2, 0.25) is 0 Å². The van der Waals surface area contributed by atoms with Gasteiger partial charge in [-0.25, -0.2) is 0 Å². The third-order valence-electron chi connectivity index (χ3n) is 12.5. The predicted octanol–water partition coefficient (Wildman–Crippen LogP) is 11.5. The molecule has 0 fully saturated rings. The van der Waals surface area contributed by atoms with E-state index in [1.807, 2.05) is 0 Å². The van der Waals surface area contributed by atoms with Gasteiger partial charge >= 0.3 is 0 Å². The lowest BCUT2D eigenvalue weighted by atomic mass is 9.83. The van der Waals surface area contributed by atoms with Crippen LogP contribution in [0.4, 0.5) is 0 Å². The van der Waals surface area contributed by atoms with Gasteiger partial charge in [-0.15, -0.1) is 0 Å². The molecule has 0 saturated heterocycles. The molecule has 0 unspecified atom stereocenters. The highest BCUT2D eigenvalue weighted by Crippen LogP contribution is 2.47. The highest BCUT2D eigenvalue weighted by atomic mass is 28.3. The first kappa shape index (κ1) is 30.6. The molecule has 2 heterocycles. The van der Waals surface area contributed by atoms with Crippen molar-refractivity contribution in [2.24, 2.45) is 0 Å². The molecule has 0 radical (unpaired) electrons. The van der Waals surface area contributed by atoms with Crippen molar-refractivity contribution in [2.75, 3.05) is 0 Å². The highest BCUT2D eigenvalue weighted by molar-refractivity contribution is 7.24. The lowest BCUT2D eigenvalue weighted by Crippen LogP contribution is -2.70. The third-order valence-corrected chi connectivity index (χ3v) is 17.4. The summed E-state index contributed by atoms with van der Waals surface area (Å²) in [6, 6.07) is 77.8. The zero-order chi connectivity index (χ0) is 36.1. The third kappa shape index (κ3) is 4.16.